The number of piperidine rings is 1. The van der Waals surface area contributed by atoms with Crippen LogP contribution in [0.25, 0.3) is 10.8 Å². The Morgan fingerprint density at radius 3 is 2.62 bits per heavy atom. The number of likely N-dealkylation sites (tertiary alicyclic amines) is 1. The van der Waals surface area contributed by atoms with Gasteiger partial charge in [0.2, 0.25) is 0 Å². The molecule has 2 saturated heterocycles. The summed E-state index contributed by atoms with van der Waals surface area (Å²) in [6, 6.07) is 13.1. The molecule has 2 atom stereocenters. The number of hydrazone groups is 1. The van der Waals surface area contributed by atoms with E-state index in [9.17, 15) is 9.59 Å². The number of likely N-dealkylation sites (N-methyl/N-ethyl adjacent to an activating group) is 1. The number of ether oxygens (including phenoxy) is 2. The Hall–Kier alpha value is -4.38. The van der Waals surface area contributed by atoms with Gasteiger partial charge in [0.15, 0.2) is 0 Å². The van der Waals surface area contributed by atoms with E-state index in [0.29, 0.717) is 43.3 Å². The minimum atomic E-state index is -0.447. The number of benzene rings is 2. The quantitative estimate of drug-likeness (QED) is 0.394. The molecule has 4 N–H and O–H groups in total. The van der Waals surface area contributed by atoms with E-state index in [1.54, 1.807) is 23.2 Å². The maximum absolute atomic E-state index is 13.1. The third-order valence-electron chi connectivity index (χ3n) is 8.23. The molecule has 0 aliphatic carbocycles. The number of fused-ring (bicyclic) bond motifs is 1. The number of pyridine rings is 1. The maximum atomic E-state index is 13.1. The monoisotopic (exact) mass is 571 g/mol. The van der Waals surface area contributed by atoms with Gasteiger partial charge < -0.3 is 30.7 Å². The zero-order chi connectivity index (χ0) is 29.1. The van der Waals surface area contributed by atoms with Crippen LogP contribution in [0.2, 0.25) is 0 Å². The molecule has 1 aromatic heterocycles. The molecule has 11 nitrogen and oxygen atoms in total. The highest BCUT2D eigenvalue weighted by atomic mass is 16.6. The first-order chi connectivity index (χ1) is 20.4. The zero-order valence-corrected chi connectivity index (χ0v) is 23.8. The van der Waals surface area contributed by atoms with Gasteiger partial charge in [0.05, 0.1) is 12.2 Å². The van der Waals surface area contributed by atoms with Crippen molar-refractivity contribution in [2.24, 2.45) is 11.0 Å². The average Bonchev–Trinajstić information content (AvgIpc) is 3.66. The van der Waals surface area contributed by atoms with Crippen LogP contribution < -0.4 is 25.8 Å². The predicted octanol–water partition coefficient (Wildman–Crippen LogP) is 3.21. The third-order valence-corrected chi connectivity index (χ3v) is 8.23. The molecule has 220 valence electrons. The van der Waals surface area contributed by atoms with Crippen molar-refractivity contribution in [3.63, 3.8) is 0 Å². The van der Waals surface area contributed by atoms with Crippen LogP contribution in [-0.4, -0.2) is 85.5 Å². The molecule has 0 saturated carbocycles. The van der Waals surface area contributed by atoms with E-state index in [0.717, 1.165) is 54.6 Å². The van der Waals surface area contributed by atoms with Gasteiger partial charge in [0.25, 0.3) is 5.91 Å². The van der Waals surface area contributed by atoms with Gasteiger partial charge in [-0.25, -0.2) is 9.78 Å². The number of nitrogens with one attached hydrogen (secondary N) is 2. The number of nitrogen functional groups attached to an aromatic ring is 1. The van der Waals surface area contributed by atoms with Crippen LogP contribution in [0.1, 0.15) is 41.1 Å². The van der Waals surface area contributed by atoms with Gasteiger partial charge in [0, 0.05) is 51.1 Å². The minimum Gasteiger partial charge on any atom is -0.493 e. The number of nitrogens with zero attached hydrogens (tertiary/aromatic N) is 4. The van der Waals surface area contributed by atoms with Crippen molar-refractivity contribution in [1.82, 2.24) is 25.5 Å². The number of aromatic nitrogens is 1. The number of hydrogen-bond donors (Lipinski definition) is 3. The molecule has 2 amide bonds. The van der Waals surface area contributed by atoms with Gasteiger partial charge in [0.1, 0.15) is 17.3 Å². The van der Waals surface area contributed by atoms with Crippen molar-refractivity contribution >= 4 is 34.8 Å². The highest BCUT2D eigenvalue weighted by molar-refractivity contribution is 5.99. The van der Waals surface area contributed by atoms with Gasteiger partial charge in [-0.3, -0.25) is 9.80 Å². The van der Waals surface area contributed by atoms with Crippen LogP contribution >= 0.6 is 0 Å². The fourth-order valence-electron chi connectivity index (χ4n) is 5.73. The first-order valence-electron chi connectivity index (χ1n) is 14.6. The molecule has 0 bridgehead atoms. The third kappa shape index (κ3) is 6.41. The number of nitrogens with two attached hydrogens (primary N) is 1. The van der Waals surface area contributed by atoms with Gasteiger partial charge in [-0.15, -0.1) is 0 Å². The summed E-state index contributed by atoms with van der Waals surface area (Å²) in [5.41, 5.74) is 7.25. The molecule has 3 aliphatic heterocycles. The maximum Gasteiger partial charge on any atom is 0.415 e. The van der Waals surface area contributed by atoms with E-state index in [-0.39, 0.29) is 23.7 Å². The Kier molecular flexibility index (Phi) is 8.09. The Morgan fingerprint density at radius 2 is 1.83 bits per heavy atom. The normalized spacial score (nSPS) is 20.7. The number of anilines is 1. The lowest BCUT2D eigenvalue weighted by atomic mass is 9.99. The summed E-state index contributed by atoms with van der Waals surface area (Å²) in [6.07, 6.45) is 5.95. The number of amides is 2. The van der Waals surface area contributed by atoms with E-state index < -0.39 is 6.09 Å². The summed E-state index contributed by atoms with van der Waals surface area (Å²) in [5, 5.41) is 14.5. The van der Waals surface area contributed by atoms with Crippen LogP contribution in [0.15, 0.2) is 53.8 Å². The number of carbonyl (C=O) groups is 2. The summed E-state index contributed by atoms with van der Waals surface area (Å²) in [4.78, 5) is 31.9. The Labute approximate surface area is 245 Å². The molecule has 6 rings (SSSR count). The Bertz CT molecular complexity index is 1490. The fraction of sp³-hybridized carbons (Fsp3) is 0.419. The summed E-state index contributed by atoms with van der Waals surface area (Å²) in [6.45, 7) is 4.33. The Morgan fingerprint density at radius 1 is 1.05 bits per heavy atom. The van der Waals surface area contributed by atoms with Crippen molar-refractivity contribution in [3.8, 4) is 11.5 Å². The van der Waals surface area contributed by atoms with Crippen molar-refractivity contribution in [2.45, 2.75) is 31.2 Å². The van der Waals surface area contributed by atoms with Gasteiger partial charge in [-0.1, -0.05) is 12.1 Å². The van der Waals surface area contributed by atoms with Crippen molar-refractivity contribution in [2.75, 3.05) is 52.1 Å². The second kappa shape index (κ2) is 12.2. The first kappa shape index (κ1) is 27.8. The lowest BCUT2D eigenvalue weighted by molar-refractivity contribution is 0.0937. The molecular weight excluding hydrogens is 534 g/mol. The minimum absolute atomic E-state index is 0.0555. The van der Waals surface area contributed by atoms with Crippen LogP contribution in [0.4, 0.5) is 10.6 Å². The first-order valence-corrected chi connectivity index (χ1v) is 14.6. The van der Waals surface area contributed by atoms with E-state index in [2.05, 4.69) is 20.7 Å². The van der Waals surface area contributed by atoms with E-state index >= 15 is 0 Å². The molecule has 0 spiro atoms. The van der Waals surface area contributed by atoms with Gasteiger partial charge >= 0.3 is 6.09 Å². The highest BCUT2D eigenvalue weighted by Gasteiger charge is 2.30. The lowest BCUT2D eigenvalue weighted by Gasteiger charge is -2.22. The fourth-order valence-corrected chi connectivity index (χ4v) is 5.73. The van der Waals surface area contributed by atoms with Crippen molar-refractivity contribution < 1.29 is 19.1 Å². The molecule has 11 heteroatoms. The SMILES string of the molecule is CN1CC(c2cnc(N)c(C(=O)N[C@@H]3CCN(C(=O)Oc4ccc5ccc(OCC6CCNCC6)cc5c4)C3)c2)C=N1. The number of hydrogen-bond acceptors (Lipinski definition) is 9. The zero-order valence-electron chi connectivity index (χ0n) is 23.8. The van der Waals surface area contributed by atoms with Crippen LogP contribution in [0.3, 0.4) is 0 Å². The standard InChI is InChI=1S/C31H37N7O4/c1-37-17-24(16-35-37)23-14-28(29(32)34-15-23)30(39)36-25-8-11-38(18-25)31(40)42-27-5-3-21-2-4-26(12-22(21)13-27)41-19-20-6-9-33-10-7-20/h2-5,12-16,20,24-25,33H,6-11,17-19H2,1H3,(H2,32,34)(H,36,39)/t24?,25-/m1/s1. The molecular formula is C31H37N7O4. The van der Waals surface area contributed by atoms with E-state index in [1.165, 1.54) is 0 Å². The highest BCUT2D eigenvalue weighted by Crippen LogP contribution is 2.27. The molecule has 42 heavy (non-hydrogen) atoms. The molecule has 4 heterocycles. The number of carbonyl (C=O) groups excluding carboxylic acids is 2. The molecule has 1 unspecified atom stereocenters. The van der Waals surface area contributed by atoms with Gasteiger partial charge in [-0.05, 0) is 84.9 Å². The summed E-state index contributed by atoms with van der Waals surface area (Å²) >= 11 is 0. The van der Waals surface area contributed by atoms with Crippen molar-refractivity contribution in [3.05, 3.63) is 59.8 Å². The largest absolute Gasteiger partial charge is 0.493 e. The second-order valence-electron chi connectivity index (χ2n) is 11.4. The average molecular weight is 572 g/mol. The predicted molar refractivity (Wildman–Crippen MR) is 161 cm³/mol. The smallest absolute Gasteiger partial charge is 0.415 e. The van der Waals surface area contributed by atoms with Gasteiger partial charge in [-0.2, -0.15) is 5.10 Å². The van der Waals surface area contributed by atoms with E-state index in [4.69, 9.17) is 15.2 Å². The molecule has 3 aromatic rings. The summed E-state index contributed by atoms with van der Waals surface area (Å²) in [7, 11) is 1.90. The van der Waals surface area contributed by atoms with E-state index in [1.807, 2.05) is 48.6 Å². The second-order valence-corrected chi connectivity index (χ2v) is 11.4. The van der Waals surface area contributed by atoms with Crippen LogP contribution in [0.5, 0.6) is 11.5 Å². The number of rotatable bonds is 7. The molecule has 2 fully saturated rings. The summed E-state index contributed by atoms with van der Waals surface area (Å²) in [5.74, 6) is 1.76. The summed E-state index contributed by atoms with van der Waals surface area (Å²) < 4.78 is 11.8. The van der Waals surface area contributed by atoms with Crippen LogP contribution in [-0.2, 0) is 0 Å². The van der Waals surface area contributed by atoms with Crippen LogP contribution in [0, 0.1) is 5.92 Å². The molecule has 3 aliphatic rings. The molecule has 0 radical (unpaired) electrons. The lowest BCUT2D eigenvalue weighted by Crippen LogP contribution is -2.39. The topological polar surface area (TPSA) is 134 Å². The molecule has 2 aromatic carbocycles. The van der Waals surface area contributed by atoms with Crippen molar-refractivity contribution in [1.29, 1.82) is 0 Å². The Balaban J connectivity index is 1.04.